The van der Waals surface area contributed by atoms with Crippen molar-refractivity contribution in [3.63, 3.8) is 0 Å². The first-order valence-corrected chi connectivity index (χ1v) is 7.51. The van der Waals surface area contributed by atoms with Crippen LogP contribution >= 0.6 is 0 Å². The molecule has 108 valence electrons. The molecule has 2 heteroatoms. The number of phenols is 2. The monoisotopic (exact) mass is 280 g/mol. The van der Waals surface area contributed by atoms with E-state index in [0.717, 1.165) is 18.4 Å². The summed E-state index contributed by atoms with van der Waals surface area (Å²) in [5.41, 5.74) is 6.32. The van der Waals surface area contributed by atoms with Crippen LogP contribution in [0.4, 0.5) is 0 Å². The van der Waals surface area contributed by atoms with E-state index in [9.17, 15) is 10.2 Å². The third-order valence-electron chi connectivity index (χ3n) is 4.35. The average Bonchev–Trinajstić information content (AvgIpc) is 2.80. The van der Waals surface area contributed by atoms with Gasteiger partial charge in [-0.2, -0.15) is 0 Å². The predicted molar refractivity (Wildman–Crippen MR) is 86.4 cm³/mol. The lowest BCUT2D eigenvalue weighted by molar-refractivity contribution is 0.474. The Morgan fingerprint density at radius 2 is 1.57 bits per heavy atom. The smallest absolute Gasteiger partial charge is 0.115 e. The summed E-state index contributed by atoms with van der Waals surface area (Å²) in [5, 5.41) is 19.3. The number of aromatic hydroxyl groups is 2. The van der Waals surface area contributed by atoms with Gasteiger partial charge in [-0.25, -0.2) is 0 Å². The summed E-state index contributed by atoms with van der Waals surface area (Å²) in [6.45, 7) is 4.35. The summed E-state index contributed by atoms with van der Waals surface area (Å²) in [4.78, 5) is 0. The van der Waals surface area contributed by atoms with Gasteiger partial charge in [0.1, 0.15) is 11.5 Å². The highest BCUT2D eigenvalue weighted by Crippen LogP contribution is 2.50. The molecule has 0 aliphatic heterocycles. The molecule has 3 rings (SSSR count). The molecule has 2 N–H and O–H groups in total. The fourth-order valence-electron chi connectivity index (χ4n) is 3.45. The van der Waals surface area contributed by atoms with Crippen molar-refractivity contribution in [2.75, 3.05) is 0 Å². The molecule has 0 saturated carbocycles. The lowest BCUT2D eigenvalue weighted by atomic mass is 9.88. The quantitative estimate of drug-likeness (QED) is 0.837. The summed E-state index contributed by atoms with van der Waals surface area (Å²) in [7, 11) is 0. The predicted octanol–water partition coefficient (Wildman–Crippen LogP) is 4.93. The van der Waals surface area contributed by atoms with Crippen LogP contribution in [0.25, 0.3) is 11.1 Å². The summed E-state index contributed by atoms with van der Waals surface area (Å²) in [6, 6.07) is 13.1. The van der Waals surface area contributed by atoms with Gasteiger partial charge in [-0.1, -0.05) is 32.0 Å². The van der Waals surface area contributed by atoms with Crippen molar-refractivity contribution in [3.8, 4) is 11.5 Å². The maximum Gasteiger partial charge on any atom is 0.115 e. The van der Waals surface area contributed by atoms with Crippen molar-refractivity contribution < 1.29 is 10.2 Å². The molecule has 0 aromatic heterocycles. The zero-order valence-corrected chi connectivity index (χ0v) is 12.4. The van der Waals surface area contributed by atoms with Gasteiger partial charge in [0.15, 0.2) is 0 Å². The Labute approximate surface area is 125 Å². The average molecular weight is 280 g/mol. The van der Waals surface area contributed by atoms with Crippen LogP contribution in [0.3, 0.4) is 0 Å². The minimum atomic E-state index is 0.290. The number of hydrogen-bond acceptors (Lipinski definition) is 2. The van der Waals surface area contributed by atoms with Gasteiger partial charge in [-0.15, -0.1) is 0 Å². The minimum absolute atomic E-state index is 0.290. The Morgan fingerprint density at radius 3 is 2.19 bits per heavy atom. The molecule has 21 heavy (non-hydrogen) atoms. The maximum absolute atomic E-state index is 9.81. The first-order valence-electron chi connectivity index (χ1n) is 7.51. The van der Waals surface area contributed by atoms with E-state index in [2.05, 4.69) is 13.8 Å². The van der Waals surface area contributed by atoms with Crippen LogP contribution < -0.4 is 0 Å². The van der Waals surface area contributed by atoms with Crippen molar-refractivity contribution in [2.45, 2.75) is 32.6 Å². The molecule has 1 aliphatic carbocycles. The second kappa shape index (κ2) is 5.28. The van der Waals surface area contributed by atoms with Crippen molar-refractivity contribution >= 4 is 11.1 Å². The Balaban J connectivity index is 2.20. The van der Waals surface area contributed by atoms with Gasteiger partial charge in [0.2, 0.25) is 0 Å². The normalized spacial score (nSPS) is 17.1. The van der Waals surface area contributed by atoms with Crippen molar-refractivity contribution in [3.05, 3.63) is 59.2 Å². The van der Waals surface area contributed by atoms with E-state index in [1.165, 1.54) is 22.3 Å². The summed E-state index contributed by atoms with van der Waals surface area (Å²) >= 11 is 0. The number of benzene rings is 2. The molecular weight excluding hydrogens is 260 g/mol. The largest absolute Gasteiger partial charge is 0.508 e. The number of hydrogen-bond donors (Lipinski definition) is 2. The standard InChI is InChI=1S/C19H20O2/c1-3-15-17-10-9-14(21)11-18(17)16(4-2)19(15)12-5-7-13(20)8-6-12/h5-11,16,20-21H,3-4H2,1-2H3/t16-/m0/s1. The van der Waals surface area contributed by atoms with Crippen molar-refractivity contribution in [2.24, 2.45) is 0 Å². The van der Waals surface area contributed by atoms with Crippen LogP contribution in [-0.4, -0.2) is 10.2 Å². The van der Waals surface area contributed by atoms with Crippen LogP contribution in [0.1, 0.15) is 49.3 Å². The van der Waals surface area contributed by atoms with E-state index in [1.54, 1.807) is 18.2 Å². The van der Waals surface area contributed by atoms with Crippen LogP contribution in [0.5, 0.6) is 11.5 Å². The van der Waals surface area contributed by atoms with E-state index in [0.29, 0.717) is 17.4 Å². The third-order valence-corrected chi connectivity index (χ3v) is 4.35. The molecule has 0 heterocycles. The molecule has 0 fully saturated rings. The van der Waals surface area contributed by atoms with Crippen LogP contribution in [0, 0.1) is 0 Å². The lowest BCUT2D eigenvalue weighted by Crippen LogP contribution is -1.97. The van der Waals surface area contributed by atoms with Gasteiger partial charge in [0.05, 0.1) is 0 Å². The first kappa shape index (κ1) is 13.7. The molecule has 2 aromatic carbocycles. The molecule has 0 saturated heterocycles. The molecule has 2 nitrogen and oxygen atoms in total. The topological polar surface area (TPSA) is 40.5 Å². The van der Waals surface area contributed by atoms with Crippen LogP contribution in [0.15, 0.2) is 42.5 Å². The number of rotatable bonds is 3. The highest BCUT2D eigenvalue weighted by Gasteiger charge is 2.30. The lowest BCUT2D eigenvalue weighted by Gasteiger charge is -2.16. The zero-order valence-electron chi connectivity index (χ0n) is 12.4. The first-order chi connectivity index (χ1) is 10.2. The van der Waals surface area contributed by atoms with Crippen LogP contribution in [0.2, 0.25) is 0 Å². The molecule has 0 unspecified atom stereocenters. The number of fused-ring (bicyclic) bond motifs is 1. The van der Waals surface area contributed by atoms with Gasteiger partial charge in [-0.3, -0.25) is 0 Å². The van der Waals surface area contributed by atoms with Gasteiger partial charge in [0.25, 0.3) is 0 Å². The van der Waals surface area contributed by atoms with Crippen molar-refractivity contribution in [1.82, 2.24) is 0 Å². The second-order valence-corrected chi connectivity index (χ2v) is 5.53. The van der Waals surface area contributed by atoms with Gasteiger partial charge >= 0.3 is 0 Å². The van der Waals surface area contributed by atoms with E-state index in [-0.39, 0.29) is 0 Å². The number of phenolic OH excluding ortho intramolecular Hbond substituents is 2. The third kappa shape index (κ3) is 2.21. The summed E-state index contributed by atoms with van der Waals surface area (Å²) in [6.07, 6.45) is 1.96. The van der Waals surface area contributed by atoms with Gasteiger partial charge in [-0.05, 0) is 64.9 Å². The minimum Gasteiger partial charge on any atom is -0.508 e. The SMILES string of the molecule is CCC1=C(c2ccc(O)cc2)[C@@H](CC)c2cc(O)ccc21. The Bertz CT molecular complexity index is 696. The molecule has 0 bridgehead atoms. The Morgan fingerprint density at radius 1 is 0.905 bits per heavy atom. The van der Waals surface area contributed by atoms with Gasteiger partial charge < -0.3 is 10.2 Å². The van der Waals surface area contributed by atoms with Crippen LogP contribution in [-0.2, 0) is 0 Å². The fourth-order valence-corrected chi connectivity index (χ4v) is 3.45. The van der Waals surface area contributed by atoms with Crippen molar-refractivity contribution in [1.29, 1.82) is 0 Å². The second-order valence-electron chi connectivity index (χ2n) is 5.53. The van der Waals surface area contributed by atoms with E-state index in [4.69, 9.17) is 0 Å². The molecule has 2 aromatic rings. The number of allylic oxidation sites excluding steroid dienone is 2. The Kier molecular flexibility index (Phi) is 3.46. The fraction of sp³-hybridized carbons (Fsp3) is 0.263. The van der Waals surface area contributed by atoms with Gasteiger partial charge in [0, 0.05) is 5.92 Å². The summed E-state index contributed by atoms with van der Waals surface area (Å²) < 4.78 is 0. The molecule has 1 atom stereocenters. The van der Waals surface area contributed by atoms with E-state index in [1.807, 2.05) is 24.3 Å². The molecule has 1 aliphatic rings. The Hall–Kier alpha value is -2.22. The molecule has 0 spiro atoms. The maximum atomic E-state index is 9.81. The highest BCUT2D eigenvalue weighted by molar-refractivity contribution is 5.99. The zero-order chi connectivity index (χ0) is 15.0. The van der Waals surface area contributed by atoms with E-state index >= 15 is 0 Å². The summed E-state index contributed by atoms with van der Waals surface area (Å²) in [5.74, 6) is 0.930. The highest BCUT2D eigenvalue weighted by atomic mass is 16.3. The molecular formula is C19H20O2. The molecule has 0 amide bonds. The van der Waals surface area contributed by atoms with E-state index < -0.39 is 0 Å². The molecule has 0 radical (unpaired) electrons.